The number of likely N-dealkylation sites (tertiary alicyclic amines) is 1. The minimum Gasteiger partial charge on any atom is -0.314 e. The molecule has 0 N–H and O–H groups in total. The Morgan fingerprint density at radius 3 is 2.80 bits per heavy atom. The van der Waals surface area contributed by atoms with Gasteiger partial charge in [0.25, 0.3) is 5.56 Å². The molecule has 0 atom stereocenters. The van der Waals surface area contributed by atoms with Gasteiger partial charge in [-0.3, -0.25) is 19.2 Å². The molecule has 2 aliphatic heterocycles. The molecule has 0 unspecified atom stereocenters. The first-order chi connectivity index (χ1) is 14.8. The number of nitrogens with zero attached hydrogens (tertiary/aromatic N) is 7. The normalized spacial score (nSPS) is 17.7. The molecule has 5 heterocycles. The second kappa shape index (κ2) is 8.47. The summed E-state index contributed by atoms with van der Waals surface area (Å²) in [5.41, 5.74) is 1.54. The zero-order chi connectivity index (χ0) is 20.3. The Bertz CT molecular complexity index is 1050. The summed E-state index contributed by atoms with van der Waals surface area (Å²) < 4.78 is 4.06. The highest BCUT2D eigenvalue weighted by Gasteiger charge is 2.23. The fourth-order valence-corrected chi connectivity index (χ4v) is 4.53. The van der Waals surface area contributed by atoms with Crippen molar-refractivity contribution in [3.05, 3.63) is 58.9 Å². The van der Waals surface area contributed by atoms with E-state index in [4.69, 9.17) is 0 Å². The third-order valence-electron chi connectivity index (χ3n) is 6.30. The van der Waals surface area contributed by atoms with Gasteiger partial charge in [-0.05, 0) is 56.8 Å². The minimum atomic E-state index is 0.00127. The quantitative estimate of drug-likeness (QED) is 0.647. The maximum Gasteiger partial charge on any atom is 0.253 e. The van der Waals surface area contributed by atoms with Crippen LogP contribution in [0.2, 0.25) is 0 Å². The van der Waals surface area contributed by atoms with E-state index in [9.17, 15) is 4.79 Å². The molecule has 8 heteroatoms. The number of aromatic nitrogens is 6. The second-order valence-corrected chi connectivity index (χ2v) is 8.37. The zero-order valence-electron chi connectivity index (χ0n) is 17.2. The molecule has 2 aliphatic rings. The Balaban J connectivity index is 1.18. The molecule has 0 aromatic carbocycles. The Labute approximate surface area is 175 Å². The average Bonchev–Trinajstić information content (AvgIpc) is 3.20. The number of rotatable bonds is 5. The van der Waals surface area contributed by atoms with Crippen molar-refractivity contribution in [2.45, 2.75) is 51.7 Å². The molecular formula is C22H27N7O. The summed E-state index contributed by atoms with van der Waals surface area (Å²) >= 11 is 0. The van der Waals surface area contributed by atoms with Crippen LogP contribution in [0.25, 0.3) is 11.3 Å². The lowest BCUT2D eigenvalue weighted by atomic mass is 9.96. The van der Waals surface area contributed by atoms with Gasteiger partial charge >= 0.3 is 0 Å². The molecule has 30 heavy (non-hydrogen) atoms. The van der Waals surface area contributed by atoms with Crippen LogP contribution in [0.1, 0.15) is 37.3 Å². The summed E-state index contributed by atoms with van der Waals surface area (Å²) in [5, 5.41) is 8.81. The number of pyridine rings is 1. The van der Waals surface area contributed by atoms with Crippen LogP contribution >= 0.6 is 0 Å². The van der Waals surface area contributed by atoms with E-state index in [2.05, 4.69) is 29.6 Å². The van der Waals surface area contributed by atoms with E-state index in [0.717, 1.165) is 69.2 Å². The van der Waals surface area contributed by atoms with Crippen molar-refractivity contribution in [2.75, 3.05) is 13.1 Å². The Kier molecular flexibility index (Phi) is 5.40. The van der Waals surface area contributed by atoms with Crippen molar-refractivity contribution in [2.24, 2.45) is 5.92 Å². The molecule has 3 aromatic rings. The largest absolute Gasteiger partial charge is 0.314 e. The number of fused-ring (bicyclic) bond motifs is 1. The van der Waals surface area contributed by atoms with Crippen molar-refractivity contribution in [3.63, 3.8) is 0 Å². The molecule has 0 aliphatic carbocycles. The van der Waals surface area contributed by atoms with Crippen molar-refractivity contribution < 1.29 is 0 Å². The van der Waals surface area contributed by atoms with Crippen LogP contribution in [0.5, 0.6) is 0 Å². The smallest absolute Gasteiger partial charge is 0.253 e. The van der Waals surface area contributed by atoms with E-state index in [1.807, 2.05) is 12.1 Å². The molecule has 0 radical (unpaired) electrons. The minimum absolute atomic E-state index is 0.00127. The van der Waals surface area contributed by atoms with Crippen LogP contribution in [0.15, 0.2) is 41.7 Å². The summed E-state index contributed by atoms with van der Waals surface area (Å²) in [6.45, 7) is 4.72. The van der Waals surface area contributed by atoms with Gasteiger partial charge in [-0.15, -0.1) is 10.2 Å². The third kappa shape index (κ3) is 4.05. The average molecular weight is 406 g/mol. The highest BCUT2D eigenvalue weighted by atomic mass is 16.1. The molecule has 0 spiro atoms. The topological polar surface area (TPSA) is 81.7 Å². The van der Waals surface area contributed by atoms with E-state index in [-0.39, 0.29) is 5.56 Å². The molecule has 0 saturated carbocycles. The van der Waals surface area contributed by atoms with Crippen molar-refractivity contribution >= 4 is 0 Å². The Hall–Kier alpha value is -2.87. The zero-order valence-corrected chi connectivity index (χ0v) is 17.2. The van der Waals surface area contributed by atoms with Gasteiger partial charge in [0.05, 0.1) is 18.6 Å². The van der Waals surface area contributed by atoms with Crippen LogP contribution < -0.4 is 5.56 Å². The number of hydrogen-bond acceptors (Lipinski definition) is 6. The maximum atomic E-state index is 12.6. The van der Waals surface area contributed by atoms with Gasteiger partial charge in [0.15, 0.2) is 0 Å². The van der Waals surface area contributed by atoms with Gasteiger partial charge in [0, 0.05) is 43.5 Å². The van der Waals surface area contributed by atoms with E-state index >= 15 is 0 Å². The number of piperidine rings is 1. The number of hydrogen-bond donors (Lipinski definition) is 0. The molecular weight excluding hydrogens is 378 g/mol. The lowest BCUT2D eigenvalue weighted by Gasteiger charge is -2.32. The Morgan fingerprint density at radius 2 is 2.00 bits per heavy atom. The summed E-state index contributed by atoms with van der Waals surface area (Å²) in [5.74, 6) is 2.75. The van der Waals surface area contributed by atoms with Crippen LogP contribution in [0.3, 0.4) is 0 Å². The van der Waals surface area contributed by atoms with Gasteiger partial charge in [0.2, 0.25) is 0 Å². The molecule has 0 amide bonds. The fraction of sp³-hybridized carbons (Fsp3) is 0.500. The lowest BCUT2D eigenvalue weighted by molar-refractivity contribution is 0.161. The maximum absolute atomic E-state index is 12.6. The molecule has 1 fully saturated rings. The van der Waals surface area contributed by atoms with Gasteiger partial charge < -0.3 is 4.57 Å². The van der Waals surface area contributed by atoms with Crippen LogP contribution in [0.4, 0.5) is 0 Å². The van der Waals surface area contributed by atoms with E-state index in [1.54, 1.807) is 29.4 Å². The predicted octanol–water partition coefficient (Wildman–Crippen LogP) is 2.15. The van der Waals surface area contributed by atoms with Gasteiger partial charge in [-0.25, -0.2) is 4.98 Å². The molecule has 0 bridgehead atoms. The van der Waals surface area contributed by atoms with E-state index in [1.165, 1.54) is 12.8 Å². The summed E-state index contributed by atoms with van der Waals surface area (Å²) in [6.07, 6.45) is 10.8. The van der Waals surface area contributed by atoms with Crippen molar-refractivity contribution in [1.82, 2.24) is 34.2 Å². The third-order valence-corrected chi connectivity index (χ3v) is 6.30. The SMILES string of the molecule is O=c1cc(-c2cccnc2)ncn1CC1CCN(Cc2nnc3n2CCCC3)CC1. The van der Waals surface area contributed by atoms with Crippen LogP contribution in [0, 0.1) is 5.92 Å². The van der Waals surface area contributed by atoms with Crippen molar-refractivity contribution in [1.29, 1.82) is 0 Å². The second-order valence-electron chi connectivity index (χ2n) is 8.37. The lowest BCUT2D eigenvalue weighted by Crippen LogP contribution is -2.36. The van der Waals surface area contributed by atoms with Crippen LogP contribution in [-0.4, -0.2) is 47.3 Å². The fourth-order valence-electron chi connectivity index (χ4n) is 4.53. The first-order valence-corrected chi connectivity index (χ1v) is 10.9. The molecule has 3 aromatic heterocycles. The first kappa shape index (κ1) is 19.1. The van der Waals surface area contributed by atoms with E-state index in [0.29, 0.717) is 11.6 Å². The summed E-state index contributed by atoms with van der Waals surface area (Å²) in [7, 11) is 0. The number of aryl methyl sites for hydroxylation is 1. The molecule has 1 saturated heterocycles. The molecule has 5 rings (SSSR count). The van der Waals surface area contributed by atoms with E-state index < -0.39 is 0 Å². The van der Waals surface area contributed by atoms with Gasteiger partial charge in [0.1, 0.15) is 11.6 Å². The van der Waals surface area contributed by atoms with Gasteiger partial charge in [-0.1, -0.05) is 0 Å². The monoisotopic (exact) mass is 405 g/mol. The Morgan fingerprint density at radius 1 is 1.10 bits per heavy atom. The highest BCUT2D eigenvalue weighted by Crippen LogP contribution is 2.22. The molecule has 156 valence electrons. The summed E-state index contributed by atoms with van der Waals surface area (Å²) in [4.78, 5) is 23.6. The predicted molar refractivity (Wildman–Crippen MR) is 113 cm³/mol. The molecule has 8 nitrogen and oxygen atoms in total. The highest BCUT2D eigenvalue weighted by molar-refractivity contribution is 5.56. The standard InChI is InChI=1S/C22H27N7O/c30-22-12-19(18-4-3-8-23-13-18)24-16-28(22)14-17-6-10-27(11-7-17)15-21-26-25-20-5-1-2-9-29(20)21/h3-4,8,12-13,16-17H,1-2,5-7,9-11,14-15H2. The van der Waals surface area contributed by atoms with Crippen LogP contribution in [-0.2, 0) is 26.1 Å². The summed E-state index contributed by atoms with van der Waals surface area (Å²) in [6, 6.07) is 5.38. The van der Waals surface area contributed by atoms with Crippen molar-refractivity contribution in [3.8, 4) is 11.3 Å². The first-order valence-electron chi connectivity index (χ1n) is 10.9. The van der Waals surface area contributed by atoms with Gasteiger partial charge in [-0.2, -0.15) is 0 Å².